The van der Waals surface area contributed by atoms with Crippen LogP contribution < -0.4 is 0 Å². The number of aromatic nitrogens is 3. The summed E-state index contributed by atoms with van der Waals surface area (Å²) in [5.74, 6) is 0. The number of para-hydroxylation sites is 5. The van der Waals surface area contributed by atoms with Crippen molar-refractivity contribution < 1.29 is 0 Å². The van der Waals surface area contributed by atoms with Crippen molar-refractivity contribution in [2.75, 3.05) is 0 Å². The molecule has 0 bridgehead atoms. The molecule has 4 aromatic heterocycles. The molecule has 15 rings (SSSR count). The van der Waals surface area contributed by atoms with E-state index in [1.54, 1.807) is 0 Å². The predicted molar refractivity (Wildman–Crippen MR) is 276 cm³/mol. The Morgan fingerprint density at radius 2 is 0.631 bits per heavy atom. The Morgan fingerprint density at radius 1 is 0.246 bits per heavy atom. The van der Waals surface area contributed by atoms with Gasteiger partial charge in [0.1, 0.15) is 0 Å². The molecular formula is C62H37N3. The van der Waals surface area contributed by atoms with Crippen LogP contribution in [0.5, 0.6) is 0 Å². The molecule has 0 aliphatic heterocycles. The van der Waals surface area contributed by atoms with E-state index in [9.17, 15) is 0 Å². The Bertz CT molecular complexity index is 4170. The van der Waals surface area contributed by atoms with Gasteiger partial charge in [-0.15, -0.1) is 0 Å². The third-order valence-corrected chi connectivity index (χ3v) is 14.3. The number of nitrogens with zero attached hydrogens (tertiary/aromatic N) is 3. The summed E-state index contributed by atoms with van der Waals surface area (Å²) >= 11 is 0. The van der Waals surface area contributed by atoms with E-state index in [4.69, 9.17) is 0 Å². The second-order valence-electron chi connectivity index (χ2n) is 17.6. The average molecular weight is 824 g/mol. The third-order valence-electron chi connectivity index (χ3n) is 14.3. The fourth-order valence-electron chi connectivity index (χ4n) is 11.7. The molecular weight excluding hydrogens is 787 g/mol. The Kier molecular flexibility index (Phi) is 6.95. The van der Waals surface area contributed by atoms with Crippen LogP contribution in [0.2, 0.25) is 0 Å². The number of hydrogen-bond acceptors (Lipinski definition) is 0. The molecule has 0 saturated carbocycles. The molecule has 0 radical (unpaired) electrons. The lowest BCUT2D eigenvalue weighted by Gasteiger charge is -2.14. The maximum absolute atomic E-state index is 2.58. The highest BCUT2D eigenvalue weighted by atomic mass is 15.0. The predicted octanol–water partition coefficient (Wildman–Crippen LogP) is 16.7. The van der Waals surface area contributed by atoms with Crippen LogP contribution in [0.3, 0.4) is 0 Å². The number of benzene rings is 11. The van der Waals surface area contributed by atoms with Crippen molar-refractivity contribution in [3.63, 3.8) is 0 Å². The van der Waals surface area contributed by atoms with Gasteiger partial charge < -0.3 is 13.5 Å². The van der Waals surface area contributed by atoms with Gasteiger partial charge >= 0.3 is 0 Å². The van der Waals surface area contributed by atoms with Gasteiger partial charge in [0.05, 0.1) is 38.6 Å². The van der Waals surface area contributed by atoms with Crippen LogP contribution in [0.15, 0.2) is 224 Å². The van der Waals surface area contributed by atoms with Crippen molar-refractivity contribution in [1.82, 2.24) is 13.5 Å². The summed E-state index contributed by atoms with van der Waals surface area (Å²) in [7, 11) is 0. The minimum absolute atomic E-state index is 1.16. The Balaban J connectivity index is 1.06. The topological polar surface area (TPSA) is 14.3 Å². The standard InChI is InChI=1S/C62H37N3/c1-3-18-42(19-4-1)63-52-28-13-11-24-46(52)48-32-30-40(36-54(48)63)58-44-22-9-7-16-38(44)34-56-60(58)50-26-15-27-51-61-57(65(56)62(50)51)35-39-17-8-10-23-45(39)59(61)41-31-33-49-47-25-12-14-29-53(47)64(55(49)37-41)43-20-5-2-6-21-43/h1-37H. The molecule has 0 aliphatic carbocycles. The zero-order valence-corrected chi connectivity index (χ0v) is 35.2. The van der Waals surface area contributed by atoms with E-state index >= 15 is 0 Å². The Morgan fingerprint density at radius 3 is 1.11 bits per heavy atom. The summed E-state index contributed by atoms with van der Waals surface area (Å²) in [5, 5.41) is 15.1. The Hall–Kier alpha value is -8.66. The summed E-state index contributed by atoms with van der Waals surface area (Å²) in [6.45, 7) is 0. The summed E-state index contributed by atoms with van der Waals surface area (Å²) in [6.07, 6.45) is 0. The van der Waals surface area contributed by atoms with Gasteiger partial charge in [0.15, 0.2) is 0 Å². The molecule has 4 heterocycles. The van der Waals surface area contributed by atoms with Crippen LogP contribution in [0.1, 0.15) is 0 Å². The van der Waals surface area contributed by atoms with Gasteiger partial charge in [0, 0.05) is 54.5 Å². The largest absolute Gasteiger partial charge is 0.309 e. The zero-order valence-electron chi connectivity index (χ0n) is 35.2. The summed E-state index contributed by atoms with van der Waals surface area (Å²) in [5.41, 5.74) is 15.9. The fourth-order valence-corrected chi connectivity index (χ4v) is 11.7. The van der Waals surface area contributed by atoms with Gasteiger partial charge in [0.25, 0.3) is 0 Å². The number of fused-ring (bicyclic) bond motifs is 14. The number of rotatable bonds is 4. The molecule has 0 saturated heterocycles. The van der Waals surface area contributed by atoms with Crippen molar-refractivity contribution in [2.24, 2.45) is 0 Å². The minimum atomic E-state index is 1.16. The summed E-state index contributed by atoms with van der Waals surface area (Å²) in [6, 6.07) is 83.2. The first-order valence-electron chi connectivity index (χ1n) is 22.5. The summed E-state index contributed by atoms with van der Waals surface area (Å²) < 4.78 is 7.45. The third kappa shape index (κ3) is 4.68. The van der Waals surface area contributed by atoms with Crippen molar-refractivity contribution in [2.45, 2.75) is 0 Å². The van der Waals surface area contributed by atoms with Crippen LogP contribution in [-0.4, -0.2) is 13.5 Å². The zero-order chi connectivity index (χ0) is 42.3. The van der Waals surface area contributed by atoms with E-state index in [-0.39, 0.29) is 0 Å². The molecule has 0 fully saturated rings. The van der Waals surface area contributed by atoms with Crippen molar-refractivity contribution in [3.05, 3.63) is 224 Å². The van der Waals surface area contributed by atoms with Crippen molar-refractivity contribution in [3.8, 4) is 33.6 Å². The lowest BCUT2D eigenvalue weighted by Crippen LogP contribution is -1.94. The molecule has 0 atom stereocenters. The molecule has 3 nitrogen and oxygen atoms in total. The molecule has 15 aromatic rings. The van der Waals surface area contributed by atoms with E-state index < -0.39 is 0 Å². The smallest absolute Gasteiger partial charge is 0.0620 e. The molecule has 0 aliphatic rings. The van der Waals surface area contributed by atoms with E-state index in [2.05, 4.69) is 238 Å². The second-order valence-corrected chi connectivity index (χ2v) is 17.6. The van der Waals surface area contributed by atoms with Crippen molar-refractivity contribution >= 4 is 103 Å². The molecule has 0 unspecified atom stereocenters. The van der Waals surface area contributed by atoms with Crippen LogP contribution in [0.4, 0.5) is 0 Å². The molecule has 0 N–H and O–H groups in total. The van der Waals surface area contributed by atoms with Gasteiger partial charge in [-0.2, -0.15) is 0 Å². The highest BCUT2D eigenvalue weighted by molar-refractivity contribution is 6.33. The van der Waals surface area contributed by atoms with Crippen LogP contribution >= 0.6 is 0 Å². The first-order chi connectivity index (χ1) is 32.3. The number of hydrogen-bond donors (Lipinski definition) is 0. The lowest BCUT2D eigenvalue weighted by atomic mass is 9.90. The molecule has 11 aromatic carbocycles. The SMILES string of the molecule is c1ccc(-n2c3ccccc3c3ccc(-c4c5ccccc5cc5c4c4cccc6c7c(-c8ccc9c%10ccccc%10n(-c%10ccccc%10)c9c8)c8ccccc8cc7n5c46)cc32)cc1. The monoisotopic (exact) mass is 823 g/mol. The quantitative estimate of drug-likeness (QED) is 0.168. The first kappa shape index (κ1) is 34.9. The maximum Gasteiger partial charge on any atom is 0.0620 e. The highest BCUT2D eigenvalue weighted by Crippen LogP contribution is 2.50. The normalized spacial score (nSPS) is 12.3. The van der Waals surface area contributed by atoms with E-state index in [1.165, 1.54) is 126 Å². The molecule has 0 amide bonds. The molecule has 65 heavy (non-hydrogen) atoms. The van der Waals surface area contributed by atoms with Crippen molar-refractivity contribution in [1.29, 1.82) is 0 Å². The Labute approximate surface area is 373 Å². The fraction of sp³-hybridized carbons (Fsp3) is 0. The van der Waals surface area contributed by atoms with Crippen LogP contribution in [-0.2, 0) is 0 Å². The second kappa shape index (κ2) is 12.9. The van der Waals surface area contributed by atoms with E-state index in [0.29, 0.717) is 0 Å². The van der Waals surface area contributed by atoms with Gasteiger partial charge in [-0.1, -0.05) is 164 Å². The van der Waals surface area contributed by atoms with Gasteiger partial charge in [-0.05, 0) is 104 Å². The minimum Gasteiger partial charge on any atom is -0.309 e. The van der Waals surface area contributed by atoms with Gasteiger partial charge in [-0.3, -0.25) is 0 Å². The molecule has 3 heteroatoms. The lowest BCUT2D eigenvalue weighted by molar-refractivity contribution is 1.18. The molecule has 300 valence electrons. The van der Waals surface area contributed by atoms with Crippen LogP contribution in [0.25, 0.3) is 137 Å². The van der Waals surface area contributed by atoms with Gasteiger partial charge in [-0.25, -0.2) is 0 Å². The average Bonchev–Trinajstić information content (AvgIpc) is 4.09. The first-order valence-corrected chi connectivity index (χ1v) is 22.5. The maximum atomic E-state index is 2.58. The summed E-state index contributed by atoms with van der Waals surface area (Å²) in [4.78, 5) is 0. The molecule has 0 spiro atoms. The van der Waals surface area contributed by atoms with E-state index in [1.807, 2.05) is 0 Å². The highest BCUT2D eigenvalue weighted by Gasteiger charge is 2.26. The van der Waals surface area contributed by atoms with E-state index in [0.717, 1.165) is 11.4 Å². The van der Waals surface area contributed by atoms with Gasteiger partial charge in [0.2, 0.25) is 0 Å². The van der Waals surface area contributed by atoms with Crippen LogP contribution in [0, 0.1) is 0 Å².